The molecule has 26 heavy (non-hydrogen) atoms. The Morgan fingerprint density at radius 3 is 2.69 bits per heavy atom. The first-order valence-corrected chi connectivity index (χ1v) is 10.8. The predicted octanol–water partition coefficient (Wildman–Crippen LogP) is 1.25. The molecule has 2 rings (SSSR count). The molecule has 0 atom stereocenters. The summed E-state index contributed by atoms with van der Waals surface area (Å²) in [6, 6.07) is 5.00. The van der Waals surface area contributed by atoms with Gasteiger partial charge in [0.05, 0.1) is 25.2 Å². The lowest BCUT2D eigenvalue weighted by Gasteiger charge is -2.26. The van der Waals surface area contributed by atoms with Crippen LogP contribution in [0.25, 0.3) is 0 Å². The summed E-state index contributed by atoms with van der Waals surface area (Å²) in [7, 11) is -3.61. The fourth-order valence-electron chi connectivity index (χ4n) is 2.79. The molecule has 146 valence electrons. The predicted molar refractivity (Wildman–Crippen MR) is 103 cm³/mol. The van der Waals surface area contributed by atoms with Gasteiger partial charge in [0.25, 0.3) is 0 Å². The first kappa shape index (κ1) is 21.0. The molecule has 1 fully saturated rings. The van der Waals surface area contributed by atoms with Gasteiger partial charge in [0.15, 0.2) is 0 Å². The van der Waals surface area contributed by atoms with Gasteiger partial charge in [0.1, 0.15) is 6.54 Å². The van der Waals surface area contributed by atoms with Crippen LogP contribution in [0.4, 0.5) is 5.69 Å². The summed E-state index contributed by atoms with van der Waals surface area (Å²) in [6.45, 7) is 6.15. The number of carbonyl (C=O) groups is 1. The van der Waals surface area contributed by atoms with Crippen molar-refractivity contribution >= 4 is 33.2 Å². The minimum Gasteiger partial charge on any atom is -0.379 e. The normalized spacial score (nSPS) is 15.7. The van der Waals surface area contributed by atoms with Crippen molar-refractivity contribution < 1.29 is 17.9 Å². The number of nitrogens with zero attached hydrogens (tertiary/aromatic N) is 2. The Balaban J connectivity index is 1.89. The molecule has 1 N–H and O–H groups in total. The van der Waals surface area contributed by atoms with Crippen molar-refractivity contribution in [2.24, 2.45) is 0 Å². The summed E-state index contributed by atoms with van der Waals surface area (Å²) in [5.74, 6) is -0.336. The second kappa shape index (κ2) is 9.55. The highest BCUT2D eigenvalue weighted by atomic mass is 35.5. The Hall–Kier alpha value is -1.35. The van der Waals surface area contributed by atoms with Crippen LogP contribution in [0.3, 0.4) is 0 Å². The Morgan fingerprint density at radius 1 is 1.35 bits per heavy atom. The molecule has 0 aromatic heterocycles. The van der Waals surface area contributed by atoms with E-state index in [-0.39, 0.29) is 12.5 Å². The third-order valence-electron chi connectivity index (χ3n) is 4.27. The number of halogens is 1. The molecule has 0 saturated carbocycles. The Labute approximate surface area is 160 Å². The molecule has 0 aliphatic carbocycles. The van der Waals surface area contributed by atoms with E-state index in [0.29, 0.717) is 22.8 Å². The number of ether oxygens (including phenoxy) is 1. The van der Waals surface area contributed by atoms with Crippen LogP contribution in [0.1, 0.15) is 12.0 Å². The first-order valence-electron chi connectivity index (χ1n) is 8.58. The number of rotatable bonds is 8. The second-order valence-electron chi connectivity index (χ2n) is 6.31. The highest BCUT2D eigenvalue weighted by Crippen LogP contribution is 2.27. The zero-order chi connectivity index (χ0) is 19.2. The number of hydrogen-bond donors (Lipinski definition) is 1. The third-order valence-corrected chi connectivity index (χ3v) is 5.81. The average Bonchev–Trinajstić information content (AvgIpc) is 2.59. The summed E-state index contributed by atoms with van der Waals surface area (Å²) in [6.07, 6.45) is 1.89. The molecule has 1 aromatic carbocycles. The third kappa shape index (κ3) is 6.12. The zero-order valence-corrected chi connectivity index (χ0v) is 16.8. The smallest absolute Gasteiger partial charge is 0.240 e. The van der Waals surface area contributed by atoms with Gasteiger partial charge in [-0.2, -0.15) is 0 Å². The number of carbonyl (C=O) groups excluding carboxylic acids is 1. The maximum absolute atomic E-state index is 12.2. The van der Waals surface area contributed by atoms with E-state index in [1.165, 1.54) is 0 Å². The van der Waals surface area contributed by atoms with E-state index in [1.54, 1.807) is 25.1 Å². The van der Waals surface area contributed by atoms with Crippen LogP contribution in [-0.2, 0) is 19.6 Å². The fraction of sp³-hybridized carbons (Fsp3) is 0.588. The molecule has 1 aliphatic heterocycles. The number of sulfonamides is 1. The Morgan fingerprint density at radius 2 is 2.04 bits per heavy atom. The molecule has 0 unspecified atom stereocenters. The number of anilines is 1. The lowest BCUT2D eigenvalue weighted by atomic mass is 10.2. The van der Waals surface area contributed by atoms with Crippen molar-refractivity contribution in [1.82, 2.24) is 10.2 Å². The monoisotopic (exact) mass is 403 g/mol. The van der Waals surface area contributed by atoms with Crippen LogP contribution in [-0.4, -0.2) is 71.4 Å². The van der Waals surface area contributed by atoms with Gasteiger partial charge in [-0.15, -0.1) is 0 Å². The van der Waals surface area contributed by atoms with Crippen LogP contribution >= 0.6 is 11.6 Å². The average molecular weight is 404 g/mol. The summed E-state index contributed by atoms with van der Waals surface area (Å²) >= 11 is 6.09. The van der Waals surface area contributed by atoms with Gasteiger partial charge in [-0.3, -0.25) is 14.0 Å². The quantitative estimate of drug-likeness (QED) is 0.661. The fourth-order valence-corrected chi connectivity index (χ4v) is 3.87. The molecule has 7 nitrogen and oxygen atoms in total. The van der Waals surface area contributed by atoms with Crippen molar-refractivity contribution in [2.45, 2.75) is 13.3 Å². The van der Waals surface area contributed by atoms with Crippen molar-refractivity contribution in [2.75, 3.05) is 56.5 Å². The van der Waals surface area contributed by atoms with E-state index in [4.69, 9.17) is 16.3 Å². The van der Waals surface area contributed by atoms with Gasteiger partial charge in [0.2, 0.25) is 15.9 Å². The summed E-state index contributed by atoms with van der Waals surface area (Å²) in [5, 5.41) is 3.25. The molecule has 1 saturated heterocycles. The number of morpholine rings is 1. The van der Waals surface area contributed by atoms with E-state index in [1.807, 2.05) is 0 Å². The van der Waals surface area contributed by atoms with Gasteiger partial charge in [0, 0.05) is 24.7 Å². The van der Waals surface area contributed by atoms with E-state index in [2.05, 4.69) is 10.2 Å². The molecule has 9 heteroatoms. The van der Waals surface area contributed by atoms with Crippen LogP contribution in [0, 0.1) is 6.92 Å². The van der Waals surface area contributed by atoms with Gasteiger partial charge < -0.3 is 10.1 Å². The number of nitrogens with one attached hydrogen (secondary N) is 1. The van der Waals surface area contributed by atoms with Crippen LogP contribution < -0.4 is 9.62 Å². The van der Waals surface area contributed by atoms with Crippen molar-refractivity contribution in [3.63, 3.8) is 0 Å². The highest BCUT2D eigenvalue weighted by Gasteiger charge is 2.23. The second-order valence-corrected chi connectivity index (χ2v) is 8.63. The minimum absolute atomic E-state index is 0.266. The topological polar surface area (TPSA) is 79.0 Å². The summed E-state index contributed by atoms with van der Waals surface area (Å²) in [4.78, 5) is 14.5. The first-order chi connectivity index (χ1) is 12.3. The van der Waals surface area contributed by atoms with Crippen LogP contribution in [0.2, 0.25) is 5.02 Å². The SMILES string of the molecule is Cc1c(Cl)cccc1N(CC(=O)NCCCN1CCOCC1)S(C)(=O)=O. The molecule has 1 aromatic rings. The number of amides is 1. The van der Waals surface area contributed by atoms with E-state index in [0.717, 1.165) is 49.8 Å². The molecule has 0 bridgehead atoms. The van der Waals surface area contributed by atoms with Gasteiger partial charge in [-0.05, 0) is 37.6 Å². The summed E-state index contributed by atoms with van der Waals surface area (Å²) in [5.41, 5.74) is 1.04. The lowest BCUT2D eigenvalue weighted by Crippen LogP contribution is -2.42. The van der Waals surface area contributed by atoms with E-state index in [9.17, 15) is 13.2 Å². The number of benzene rings is 1. The molecular weight excluding hydrogens is 378 g/mol. The molecule has 0 radical (unpaired) electrons. The highest BCUT2D eigenvalue weighted by molar-refractivity contribution is 7.92. The maximum Gasteiger partial charge on any atom is 0.240 e. The van der Waals surface area contributed by atoms with Gasteiger partial charge in [-0.25, -0.2) is 8.42 Å². The zero-order valence-electron chi connectivity index (χ0n) is 15.2. The van der Waals surface area contributed by atoms with Crippen LogP contribution in [0.5, 0.6) is 0 Å². The maximum atomic E-state index is 12.2. The van der Waals surface area contributed by atoms with Gasteiger partial charge >= 0.3 is 0 Å². The molecule has 1 heterocycles. The van der Waals surface area contributed by atoms with E-state index < -0.39 is 10.0 Å². The van der Waals surface area contributed by atoms with Gasteiger partial charge in [-0.1, -0.05) is 17.7 Å². The largest absolute Gasteiger partial charge is 0.379 e. The molecule has 1 amide bonds. The lowest BCUT2D eigenvalue weighted by molar-refractivity contribution is -0.119. The molecule has 1 aliphatic rings. The minimum atomic E-state index is -3.61. The number of hydrogen-bond acceptors (Lipinski definition) is 5. The molecule has 0 spiro atoms. The summed E-state index contributed by atoms with van der Waals surface area (Å²) < 4.78 is 30.7. The van der Waals surface area contributed by atoms with Crippen molar-refractivity contribution in [1.29, 1.82) is 0 Å². The van der Waals surface area contributed by atoms with Crippen molar-refractivity contribution in [3.8, 4) is 0 Å². The Bertz CT molecular complexity index is 721. The standard InChI is InChI=1S/C17H26ClN3O4S/c1-14-15(18)5-3-6-16(14)21(26(2,23)24)13-17(22)19-7-4-8-20-9-11-25-12-10-20/h3,5-6H,4,7-13H2,1-2H3,(H,19,22). The Kier molecular flexibility index (Phi) is 7.69. The van der Waals surface area contributed by atoms with Crippen molar-refractivity contribution in [3.05, 3.63) is 28.8 Å². The van der Waals surface area contributed by atoms with Crippen LogP contribution in [0.15, 0.2) is 18.2 Å². The molecular formula is C17H26ClN3O4S. The van der Waals surface area contributed by atoms with E-state index >= 15 is 0 Å².